The molecular weight excluding hydrogens is 253 g/mol. The van der Waals surface area contributed by atoms with E-state index >= 15 is 0 Å². The summed E-state index contributed by atoms with van der Waals surface area (Å²) in [4.78, 5) is 12.1. The molecule has 2 heterocycles. The van der Waals surface area contributed by atoms with Crippen LogP contribution in [0.25, 0.3) is 0 Å². The zero-order chi connectivity index (χ0) is 14.2. The minimum atomic E-state index is -0.377. The number of hydrogen-bond acceptors (Lipinski definition) is 4. The fraction of sp³-hybridized carbons (Fsp3) is 0.533. The van der Waals surface area contributed by atoms with Crippen LogP contribution in [0.3, 0.4) is 0 Å². The average Bonchev–Trinajstić information content (AvgIpc) is 2.86. The highest BCUT2D eigenvalue weighted by atomic mass is 16.5. The molecule has 2 saturated heterocycles. The fourth-order valence-electron chi connectivity index (χ4n) is 3.42. The van der Waals surface area contributed by atoms with Gasteiger partial charge >= 0.3 is 5.97 Å². The second-order valence-electron chi connectivity index (χ2n) is 5.91. The molecule has 2 bridgehead atoms. The van der Waals surface area contributed by atoms with Crippen LogP contribution in [-0.4, -0.2) is 38.0 Å². The third-order valence-electron chi connectivity index (χ3n) is 4.62. The van der Waals surface area contributed by atoms with Crippen LogP contribution in [0.5, 0.6) is 0 Å². The van der Waals surface area contributed by atoms with Crippen molar-refractivity contribution < 1.29 is 14.3 Å². The normalized spacial score (nSPS) is 35.1. The lowest BCUT2D eigenvalue weighted by atomic mass is 9.84. The van der Waals surface area contributed by atoms with Gasteiger partial charge in [-0.3, -0.25) is 4.79 Å². The van der Waals surface area contributed by atoms with E-state index in [1.807, 2.05) is 30.3 Å². The molecule has 0 saturated carbocycles. The minimum absolute atomic E-state index is 0.167. The molecule has 1 N–H and O–H groups in total. The molecule has 2 aliphatic rings. The highest BCUT2D eigenvalue weighted by molar-refractivity contribution is 6.12. The lowest BCUT2D eigenvalue weighted by molar-refractivity contribution is -0.153. The highest BCUT2D eigenvalue weighted by Crippen LogP contribution is 2.42. The van der Waals surface area contributed by atoms with Crippen molar-refractivity contribution in [2.75, 3.05) is 6.54 Å². The van der Waals surface area contributed by atoms with Gasteiger partial charge in [0.25, 0.3) is 0 Å². The van der Waals surface area contributed by atoms with E-state index in [4.69, 9.17) is 9.47 Å². The van der Waals surface area contributed by atoms with Gasteiger partial charge in [0.2, 0.25) is 0 Å². The summed E-state index contributed by atoms with van der Waals surface area (Å²) in [6.45, 7) is 3.22. The maximum atomic E-state index is 12.1. The third-order valence-corrected chi connectivity index (χ3v) is 4.62. The minimum Gasteiger partial charge on any atom is -0.461 e. The largest absolute Gasteiger partial charge is 0.461 e. The number of hydrogen-bond donors (Lipinski definition) is 1. The van der Waals surface area contributed by atoms with Crippen LogP contribution in [0.1, 0.15) is 18.9 Å². The molecule has 2 fully saturated rings. The summed E-state index contributed by atoms with van der Waals surface area (Å²) in [7, 11) is 2.06. The van der Waals surface area contributed by atoms with Gasteiger partial charge in [-0.15, -0.1) is 0 Å². The smallest absolute Gasteiger partial charge is 0.309 e. The van der Waals surface area contributed by atoms with Crippen LogP contribution < -0.4 is 5.32 Å². The molecule has 0 aliphatic carbocycles. The van der Waals surface area contributed by atoms with Crippen molar-refractivity contribution in [2.45, 2.75) is 37.6 Å². The highest BCUT2D eigenvalue weighted by Gasteiger charge is 2.56. The van der Waals surface area contributed by atoms with E-state index in [1.54, 1.807) is 0 Å². The molecule has 0 radical (unpaired) electrons. The Labute approximate surface area is 120 Å². The standard InChI is InChI=1S/C15H20BNO3/c1-10-13-14(16)20-15(10,9-17-13)7-12(18)19-8-11-5-3-2-4-6-11/h2-6,10,13-14,17H,7-9,16H2,1H3/t10-,13?,14+,15+/m0/s1. The molecule has 0 amide bonds. The van der Waals surface area contributed by atoms with Gasteiger partial charge in [-0.05, 0) is 5.56 Å². The van der Waals surface area contributed by atoms with Gasteiger partial charge in [0.15, 0.2) is 0 Å². The molecule has 5 heteroatoms. The molecule has 0 aromatic heterocycles. The third kappa shape index (κ3) is 2.36. The quantitative estimate of drug-likeness (QED) is 0.639. The summed E-state index contributed by atoms with van der Waals surface area (Å²) in [6.07, 6.45) is 0.328. The predicted molar refractivity (Wildman–Crippen MR) is 78.0 cm³/mol. The Bertz CT molecular complexity index is 495. The van der Waals surface area contributed by atoms with Crippen molar-refractivity contribution in [3.05, 3.63) is 35.9 Å². The molecule has 0 spiro atoms. The monoisotopic (exact) mass is 273 g/mol. The second kappa shape index (κ2) is 5.22. The number of carbonyl (C=O) groups is 1. The van der Waals surface area contributed by atoms with Crippen LogP contribution in [0, 0.1) is 5.92 Å². The summed E-state index contributed by atoms with van der Waals surface area (Å²) >= 11 is 0. The van der Waals surface area contributed by atoms with E-state index in [0.29, 0.717) is 25.0 Å². The van der Waals surface area contributed by atoms with Crippen molar-refractivity contribution in [1.82, 2.24) is 5.32 Å². The first-order chi connectivity index (χ1) is 9.61. The van der Waals surface area contributed by atoms with Crippen molar-refractivity contribution in [2.24, 2.45) is 5.92 Å². The number of ether oxygens (including phenoxy) is 2. The molecule has 1 aromatic rings. The first-order valence-electron chi connectivity index (χ1n) is 7.21. The summed E-state index contributed by atoms with van der Waals surface area (Å²) in [5, 5.41) is 3.44. The number of esters is 1. The molecule has 106 valence electrons. The van der Waals surface area contributed by atoms with Crippen LogP contribution in [0.15, 0.2) is 30.3 Å². The Morgan fingerprint density at radius 1 is 1.50 bits per heavy atom. The molecule has 4 nitrogen and oxygen atoms in total. The number of morpholine rings is 1. The Hall–Kier alpha value is -1.33. The Balaban J connectivity index is 1.57. The molecule has 1 aromatic carbocycles. The summed E-state index contributed by atoms with van der Waals surface area (Å²) in [6, 6.07) is 10.3. The Morgan fingerprint density at radius 2 is 2.25 bits per heavy atom. The van der Waals surface area contributed by atoms with E-state index < -0.39 is 0 Å². The van der Waals surface area contributed by atoms with E-state index in [2.05, 4.69) is 20.1 Å². The molecule has 1 unspecified atom stereocenters. The number of fused-ring (bicyclic) bond motifs is 2. The van der Waals surface area contributed by atoms with Gasteiger partial charge in [-0.2, -0.15) is 0 Å². The van der Waals surface area contributed by atoms with Crippen molar-refractivity contribution in [3.63, 3.8) is 0 Å². The molecule has 2 aliphatic heterocycles. The maximum absolute atomic E-state index is 12.1. The average molecular weight is 273 g/mol. The van der Waals surface area contributed by atoms with Crippen molar-refractivity contribution in [3.8, 4) is 0 Å². The SMILES string of the molecule is B[C@@H]1O[C@]2(CC(=O)OCc3ccccc3)CNC1[C@@H]2C. The number of nitrogens with one attached hydrogen (secondary N) is 1. The molecular formula is C15H20BNO3. The summed E-state index contributed by atoms with van der Waals surface area (Å²) in [5.74, 6) is 0.166. The number of carbonyl (C=O) groups excluding carboxylic acids is 1. The first kappa shape index (κ1) is 13.6. The van der Waals surface area contributed by atoms with Gasteiger partial charge in [0.05, 0.1) is 12.0 Å². The van der Waals surface area contributed by atoms with Gasteiger partial charge in [0, 0.05) is 24.5 Å². The second-order valence-corrected chi connectivity index (χ2v) is 5.91. The van der Waals surface area contributed by atoms with Crippen LogP contribution in [0.4, 0.5) is 0 Å². The van der Waals surface area contributed by atoms with E-state index in [-0.39, 0.29) is 17.6 Å². The van der Waals surface area contributed by atoms with E-state index in [1.165, 1.54) is 0 Å². The van der Waals surface area contributed by atoms with Crippen molar-refractivity contribution >= 4 is 13.8 Å². The molecule has 3 rings (SSSR count). The lowest BCUT2D eigenvalue weighted by Gasteiger charge is -2.30. The topological polar surface area (TPSA) is 47.6 Å². The van der Waals surface area contributed by atoms with Gasteiger partial charge in [0.1, 0.15) is 14.5 Å². The maximum Gasteiger partial charge on any atom is 0.309 e. The molecule has 20 heavy (non-hydrogen) atoms. The van der Waals surface area contributed by atoms with Gasteiger partial charge in [-0.1, -0.05) is 37.3 Å². The predicted octanol–water partition coefficient (Wildman–Crippen LogP) is 0.456. The van der Waals surface area contributed by atoms with Crippen LogP contribution >= 0.6 is 0 Å². The van der Waals surface area contributed by atoms with Gasteiger partial charge in [-0.25, -0.2) is 0 Å². The first-order valence-corrected chi connectivity index (χ1v) is 7.21. The van der Waals surface area contributed by atoms with E-state index in [0.717, 1.165) is 12.1 Å². The zero-order valence-corrected chi connectivity index (χ0v) is 12.0. The van der Waals surface area contributed by atoms with Crippen LogP contribution in [0.2, 0.25) is 0 Å². The lowest BCUT2D eigenvalue weighted by Crippen LogP contribution is -2.46. The van der Waals surface area contributed by atoms with Crippen molar-refractivity contribution in [1.29, 1.82) is 0 Å². The number of rotatable bonds is 4. The van der Waals surface area contributed by atoms with Crippen LogP contribution in [-0.2, 0) is 20.9 Å². The van der Waals surface area contributed by atoms with Gasteiger partial charge < -0.3 is 14.8 Å². The van der Waals surface area contributed by atoms with E-state index in [9.17, 15) is 4.79 Å². The zero-order valence-electron chi connectivity index (χ0n) is 12.0. The number of benzene rings is 1. The molecule has 4 atom stereocenters. The Morgan fingerprint density at radius 3 is 2.85 bits per heavy atom. The Kier molecular flexibility index (Phi) is 3.56. The fourth-order valence-corrected chi connectivity index (χ4v) is 3.42. The summed E-state index contributed by atoms with van der Waals surface area (Å²) < 4.78 is 11.4. The summed E-state index contributed by atoms with van der Waals surface area (Å²) in [5.41, 5.74) is 0.632.